The van der Waals surface area contributed by atoms with Crippen LogP contribution in [0.15, 0.2) is 24.3 Å². The van der Waals surface area contributed by atoms with E-state index >= 15 is 0 Å². The van der Waals surface area contributed by atoms with Gasteiger partial charge in [0.1, 0.15) is 5.75 Å². The smallest absolute Gasteiger partial charge is 0.118 e. The molecule has 3 nitrogen and oxygen atoms in total. The third kappa shape index (κ3) is 3.97. The van der Waals surface area contributed by atoms with Crippen LogP contribution in [0.25, 0.3) is 0 Å². The number of ether oxygens (including phenoxy) is 1. The highest BCUT2D eigenvalue weighted by Crippen LogP contribution is 2.32. The van der Waals surface area contributed by atoms with E-state index in [2.05, 4.69) is 36.1 Å². The minimum absolute atomic E-state index is 0.323. The monoisotopic (exact) mass is 277 g/mol. The molecule has 1 saturated heterocycles. The van der Waals surface area contributed by atoms with E-state index in [1.54, 1.807) is 7.11 Å². The molecule has 1 aromatic carbocycles. The highest BCUT2D eigenvalue weighted by Gasteiger charge is 2.29. The topological polar surface area (TPSA) is 32.7 Å². The highest BCUT2D eigenvalue weighted by atomic mass is 16.5. The Labute approximate surface area is 122 Å². The minimum Gasteiger partial charge on any atom is -0.497 e. The SMILES string of the molecule is COc1ccc([C@H]2C[C@H](C)N(CCCCCO)C2)cc1. The number of hydrogen-bond acceptors (Lipinski definition) is 3. The normalized spacial score (nSPS) is 23.1. The van der Waals surface area contributed by atoms with Crippen LogP contribution >= 0.6 is 0 Å². The maximum absolute atomic E-state index is 8.82. The van der Waals surface area contributed by atoms with Crippen molar-refractivity contribution in [2.24, 2.45) is 0 Å². The van der Waals surface area contributed by atoms with Gasteiger partial charge >= 0.3 is 0 Å². The summed E-state index contributed by atoms with van der Waals surface area (Å²) in [5.74, 6) is 1.58. The molecule has 0 aromatic heterocycles. The second kappa shape index (κ2) is 7.65. The Morgan fingerprint density at radius 2 is 1.95 bits per heavy atom. The largest absolute Gasteiger partial charge is 0.497 e. The Morgan fingerprint density at radius 1 is 1.20 bits per heavy atom. The van der Waals surface area contributed by atoms with Crippen LogP contribution in [0.2, 0.25) is 0 Å². The molecule has 3 heteroatoms. The third-order valence-electron chi connectivity index (χ3n) is 4.39. The van der Waals surface area contributed by atoms with Gasteiger partial charge in [-0.3, -0.25) is 0 Å². The summed E-state index contributed by atoms with van der Waals surface area (Å²) in [6.45, 7) is 4.97. The van der Waals surface area contributed by atoms with E-state index < -0.39 is 0 Å². The van der Waals surface area contributed by atoms with Gasteiger partial charge in [-0.05, 0) is 62.8 Å². The van der Waals surface area contributed by atoms with Gasteiger partial charge in [0.15, 0.2) is 0 Å². The molecule has 1 aromatic rings. The molecule has 112 valence electrons. The highest BCUT2D eigenvalue weighted by molar-refractivity contribution is 5.30. The molecule has 0 bridgehead atoms. The standard InChI is InChI=1S/C17H27NO2/c1-14-12-16(13-18(14)10-4-3-5-11-19)15-6-8-17(20-2)9-7-15/h6-9,14,16,19H,3-5,10-13H2,1-2H3/t14-,16-/m0/s1. The maximum atomic E-state index is 8.82. The van der Waals surface area contributed by atoms with Crippen LogP contribution in [-0.4, -0.2) is 42.9 Å². The predicted octanol–water partition coefficient (Wildman–Crippen LogP) is 3.04. The summed E-state index contributed by atoms with van der Waals surface area (Å²) >= 11 is 0. The fourth-order valence-corrected chi connectivity index (χ4v) is 3.13. The van der Waals surface area contributed by atoms with Crippen LogP contribution in [0.1, 0.15) is 44.1 Å². The zero-order valence-corrected chi connectivity index (χ0v) is 12.7. The van der Waals surface area contributed by atoms with E-state index in [0.29, 0.717) is 18.6 Å². The Balaban J connectivity index is 1.85. The van der Waals surface area contributed by atoms with Crippen molar-refractivity contribution in [3.05, 3.63) is 29.8 Å². The Hall–Kier alpha value is -1.06. The minimum atomic E-state index is 0.323. The number of hydrogen-bond donors (Lipinski definition) is 1. The number of benzene rings is 1. The zero-order chi connectivity index (χ0) is 14.4. The van der Waals surface area contributed by atoms with Gasteiger partial charge in [0, 0.05) is 19.2 Å². The molecule has 1 heterocycles. The average molecular weight is 277 g/mol. The van der Waals surface area contributed by atoms with Gasteiger partial charge in [0.05, 0.1) is 7.11 Å². The Bertz CT molecular complexity index is 390. The third-order valence-corrected chi connectivity index (χ3v) is 4.39. The molecule has 1 fully saturated rings. The van der Waals surface area contributed by atoms with E-state index in [9.17, 15) is 0 Å². The lowest BCUT2D eigenvalue weighted by Gasteiger charge is -2.20. The van der Waals surface area contributed by atoms with Gasteiger partial charge in [-0.15, -0.1) is 0 Å². The second-order valence-electron chi connectivity index (χ2n) is 5.83. The number of methoxy groups -OCH3 is 1. The molecular formula is C17H27NO2. The van der Waals surface area contributed by atoms with Crippen LogP contribution in [0, 0.1) is 0 Å². The Kier molecular flexibility index (Phi) is 5.86. The van der Waals surface area contributed by atoms with Gasteiger partial charge in [-0.25, -0.2) is 0 Å². The van der Waals surface area contributed by atoms with E-state index in [-0.39, 0.29) is 0 Å². The van der Waals surface area contributed by atoms with Crippen LogP contribution in [0.3, 0.4) is 0 Å². The van der Waals surface area contributed by atoms with Crippen molar-refractivity contribution in [3.63, 3.8) is 0 Å². The molecule has 0 amide bonds. The molecular weight excluding hydrogens is 250 g/mol. The van der Waals surface area contributed by atoms with Crippen LogP contribution < -0.4 is 4.74 Å². The second-order valence-corrected chi connectivity index (χ2v) is 5.83. The van der Waals surface area contributed by atoms with Gasteiger partial charge in [-0.1, -0.05) is 12.1 Å². The number of nitrogens with zero attached hydrogens (tertiary/aromatic N) is 1. The first-order valence-corrected chi connectivity index (χ1v) is 7.73. The molecule has 1 N–H and O–H groups in total. The van der Waals surface area contributed by atoms with Crippen molar-refractivity contribution in [3.8, 4) is 5.75 Å². The quantitative estimate of drug-likeness (QED) is 0.778. The molecule has 2 rings (SSSR count). The zero-order valence-electron chi connectivity index (χ0n) is 12.7. The molecule has 1 aliphatic heterocycles. The molecule has 0 unspecified atom stereocenters. The molecule has 0 spiro atoms. The Morgan fingerprint density at radius 3 is 2.60 bits per heavy atom. The van der Waals surface area contributed by atoms with Crippen LogP contribution in [0.5, 0.6) is 5.75 Å². The lowest BCUT2D eigenvalue weighted by Crippen LogP contribution is -2.28. The first kappa shape index (κ1) is 15.3. The summed E-state index contributed by atoms with van der Waals surface area (Å²) in [5.41, 5.74) is 1.43. The lowest BCUT2D eigenvalue weighted by atomic mass is 9.97. The molecule has 2 atom stereocenters. The molecule has 0 radical (unpaired) electrons. The summed E-state index contributed by atoms with van der Waals surface area (Å²) in [4.78, 5) is 2.59. The van der Waals surface area contributed by atoms with Gasteiger partial charge < -0.3 is 14.7 Å². The molecule has 1 aliphatic rings. The predicted molar refractivity (Wildman–Crippen MR) is 82.3 cm³/mol. The number of aliphatic hydroxyl groups excluding tert-OH is 1. The van der Waals surface area contributed by atoms with E-state index in [4.69, 9.17) is 9.84 Å². The molecule has 0 saturated carbocycles. The summed E-state index contributed by atoms with van der Waals surface area (Å²) in [6.07, 6.45) is 4.50. The summed E-state index contributed by atoms with van der Waals surface area (Å²) < 4.78 is 5.22. The van der Waals surface area contributed by atoms with Crippen molar-refractivity contribution >= 4 is 0 Å². The van der Waals surface area contributed by atoms with Gasteiger partial charge in [-0.2, -0.15) is 0 Å². The van der Waals surface area contributed by atoms with Gasteiger partial charge in [0.2, 0.25) is 0 Å². The number of likely N-dealkylation sites (tertiary alicyclic amines) is 1. The van der Waals surface area contributed by atoms with E-state index in [1.807, 2.05) is 0 Å². The van der Waals surface area contributed by atoms with Crippen LogP contribution in [-0.2, 0) is 0 Å². The van der Waals surface area contributed by atoms with Crippen molar-refractivity contribution < 1.29 is 9.84 Å². The summed E-state index contributed by atoms with van der Waals surface area (Å²) in [7, 11) is 1.71. The number of aliphatic hydroxyl groups is 1. The fraction of sp³-hybridized carbons (Fsp3) is 0.647. The number of rotatable bonds is 7. The van der Waals surface area contributed by atoms with Gasteiger partial charge in [0.25, 0.3) is 0 Å². The molecule has 0 aliphatic carbocycles. The summed E-state index contributed by atoms with van der Waals surface area (Å²) in [5, 5.41) is 8.82. The van der Waals surface area contributed by atoms with E-state index in [1.165, 1.54) is 18.4 Å². The average Bonchev–Trinajstić information content (AvgIpc) is 2.85. The lowest BCUT2D eigenvalue weighted by molar-refractivity contribution is 0.248. The van der Waals surface area contributed by atoms with Crippen molar-refractivity contribution in [1.29, 1.82) is 0 Å². The maximum Gasteiger partial charge on any atom is 0.118 e. The van der Waals surface area contributed by atoms with Crippen LogP contribution in [0.4, 0.5) is 0 Å². The molecule has 20 heavy (non-hydrogen) atoms. The first-order valence-electron chi connectivity index (χ1n) is 7.73. The number of unbranched alkanes of at least 4 members (excludes halogenated alkanes) is 2. The van der Waals surface area contributed by atoms with E-state index in [0.717, 1.165) is 31.7 Å². The van der Waals surface area contributed by atoms with Crippen molar-refractivity contribution in [2.45, 2.75) is 44.6 Å². The van der Waals surface area contributed by atoms with Crippen molar-refractivity contribution in [1.82, 2.24) is 4.90 Å². The summed E-state index contributed by atoms with van der Waals surface area (Å²) in [6, 6.07) is 9.18. The fourth-order valence-electron chi connectivity index (χ4n) is 3.13. The van der Waals surface area contributed by atoms with Crippen molar-refractivity contribution in [2.75, 3.05) is 26.8 Å². The first-order chi connectivity index (χ1) is 9.74.